The summed E-state index contributed by atoms with van der Waals surface area (Å²) in [5.74, 6) is 2.17. The maximum Gasteiger partial charge on any atom is 0.156 e. The van der Waals surface area contributed by atoms with Gasteiger partial charge in [-0.25, -0.2) is 0 Å². The molecule has 5 aliphatic rings. The van der Waals surface area contributed by atoms with Crippen molar-refractivity contribution in [3.05, 3.63) is 57.3 Å². The molecule has 0 N–H and O–H groups in total. The first-order chi connectivity index (χ1) is 13.6. The number of fused-ring (bicyclic) bond motifs is 5. The van der Waals surface area contributed by atoms with Crippen LogP contribution < -0.4 is 0 Å². The standard InChI is InChI=1S/C25H28O2S/c1-24-14-21(17-8-12-28-15-17)23-19-6-4-18(26)13-16(19)3-5-20(23)22(24)7-10-25(24)9-2-11-27-25/h2,8-9,12-13,15,20-22H,3-7,10-11,14H2,1H3/t20-,21?,22-,24-,25-/m0/s1. The monoisotopic (exact) mass is 392 g/mol. The van der Waals surface area contributed by atoms with Crippen LogP contribution in [-0.2, 0) is 9.53 Å². The van der Waals surface area contributed by atoms with Crippen molar-refractivity contribution in [2.45, 2.75) is 63.4 Å². The van der Waals surface area contributed by atoms with Gasteiger partial charge in [-0.05, 0) is 90.0 Å². The van der Waals surface area contributed by atoms with Crippen LogP contribution in [-0.4, -0.2) is 18.0 Å². The molecule has 1 aromatic heterocycles. The highest BCUT2D eigenvalue weighted by Crippen LogP contribution is 2.68. The number of ketones is 1. The molecule has 1 aromatic rings. The molecule has 4 aliphatic carbocycles. The average molecular weight is 393 g/mol. The van der Waals surface area contributed by atoms with Crippen molar-refractivity contribution in [1.82, 2.24) is 0 Å². The van der Waals surface area contributed by atoms with E-state index in [1.807, 2.05) is 17.4 Å². The van der Waals surface area contributed by atoms with Crippen molar-refractivity contribution in [1.29, 1.82) is 0 Å². The van der Waals surface area contributed by atoms with Gasteiger partial charge in [0.15, 0.2) is 5.78 Å². The van der Waals surface area contributed by atoms with Gasteiger partial charge in [0.25, 0.3) is 0 Å². The maximum atomic E-state index is 12.1. The van der Waals surface area contributed by atoms with E-state index in [4.69, 9.17) is 4.74 Å². The number of ether oxygens (including phenoxy) is 1. The minimum atomic E-state index is -0.0548. The summed E-state index contributed by atoms with van der Waals surface area (Å²) in [6.45, 7) is 3.30. The molecular weight excluding hydrogens is 364 g/mol. The molecule has 146 valence electrons. The summed E-state index contributed by atoms with van der Waals surface area (Å²) in [5, 5.41) is 4.59. The van der Waals surface area contributed by atoms with Gasteiger partial charge in [0.1, 0.15) is 0 Å². The highest BCUT2D eigenvalue weighted by Gasteiger charge is 2.63. The Kier molecular flexibility index (Phi) is 3.75. The molecule has 2 nitrogen and oxygen atoms in total. The van der Waals surface area contributed by atoms with Gasteiger partial charge in [-0.1, -0.05) is 24.6 Å². The molecule has 0 saturated heterocycles. The minimum Gasteiger partial charge on any atom is -0.366 e. The van der Waals surface area contributed by atoms with Crippen LogP contribution in [0.15, 0.2) is 51.8 Å². The maximum absolute atomic E-state index is 12.1. The fraction of sp³-hybridized carbons (Fsp3) is 0.560. The molecular formula is C25H28O2S. The number of carbonyl (C=O) groups is 1. The minimum absolute atomic E-state index is 0.0548. The summed E-state index contributed by atoms with van der Waals surface area (Å²) in [4.78, 5) is 12.1. The van der Waals surface area contributed by atoms with E-state index in [0.29, 0.717) is 30.0 Å². The first-order valence-corrected chi connectivity index (χ1v) is 11.9. The Balaban J connectivity index is 1.53. The number of hydrogen-bond acceptors (Lipinski definition) is 3. The number of rotatable bonds is 1. The second kappa shape index (κ2) is 6.03. The van der Waals surface area contributed by atoms with E-state index in [0.717, 1.165) is 19.4 Å². The molecule has 28 heavy (non-hydrogen) atoms. The number of hydrogen-bond donors (Lipinski definition) is 0. The summed E-state index contributed by atoms with van der Waals surface area (Å²) >= 11 is 1.81. The largest absolute Gasteiger partial charge is 0.366 e. The van der Waals surface area contributed by atoms with Crippen molar-refractivity contribution in [3.8, 4) is 0 Å². The van der Waals surface area contributed by atoms with E-state index in [-0.39, 0.29) is 11.0 Å². The zero-order valence-corrected chi connectivity index (χ0v) is 17.4. The molecule has 3 heteroatoms. The zero-order chi connectivity index (χ0) is 18.9. The Bertz CT molecular complexity index is 920. The highest BCUT2D eigenvalue weighted by molar-refractivity contribution is 7.08. The van der Waals surface area contributed by atoms with Crippen LogP contribution in [0.25, 0.3) is 0 Å². The first kappa shape index (κ1) is 17.4. The highest BCUT2D eigenvalue weighted by atomic mass is 32.1. The van der Waals surface area contributed by atoms with Crippen LogP contribution in [0, 0.1) is 17.3 Å². The zero-order valence-electron chi connectivity index (χ0n) is 16.6. The number of carbonyl (C=O) groups excluding carboxylic acids is 1. The van der Waals surface area contributed by atoms with E-state index in [2.05, 4.69) is 35.9 Å². The lowest BCUT2D eigenvalue weighted by molar-refractivity contribution is -0.114. The van der Waals surface area contributed by atoms with Crippen LogP contribution in [0.4, 0.5) is 0 Å². The second-order valence-electron chi connectivity index (χ2n) is 9.69. The summed E-state index contributed by atoms with van der Waals surface area (Å²) in [6, 6.07) is 2.34. The Hall–Kier alpha value is -1.45. The molecule has 1 spiro atoms. The number of allylic oxidation sites excluding steroid dienone is 4. The fourth-order valence-electron chi connectivity index (χ4n) is 7.45. The first-order valence-electron chi connectivity index (χ1n) is 10.9. The molecule has 5 atom stereocenters. The van der Waals surface area contributed by atoms with Crippen LogP contribution >= 0.6 is 11.3 Å². The SMILES string of the molecule is C[C@]12CC(c3ccsc3)C3=C4CCC(=O)C=C4CC[C@H]3[C@@H]1CC[C@@]21C=CCO1. The lowest BCUT2D eigenvalue weighted by Crippen LogP contribution is -2.51. The van der Waals surface area contributed by atoms with Crippen molar-refractivity contribution in [2.75, 3.05) is 6.61 Å². The average Bonchev–Trinajstić information content (AvgIpc) is 3.43. The van der Waals surface area contributed by atoms with Crippen molar-refractivity contribution in [3.63, 3.8) is 0 Å². The van der Waals surface area contributed by atoms with Gasteiger partial charge in [0, 0.05) is 17.8 Å². The third kappa shape index (κ3) is 2.21. The molecule has 2 saturated carbocycles. The van der Waals surface area contributed by atoms with Crippen molar-refractivity contribution in [2.24, 2.45) is 17.3 Å². The van der Waals surface area contributed by atoms with Gasteiger partial charge in [0.2, 0.25) is 0 Å². The van der Waals surface area contributed by atoms with Crippen molar-refractivity contribution < 1.29 is 9.53 Å². The molecule has 0 radical (unpaired) electrons. The predicted molar refractivity (Wildman–Crippen MR) is 112 cm³/mol. The number of thiophene rings is 1. The Morgan fingerprint density at radius 2 is 2.14 bits per heavy atom. The predicted octanol–water partition coefficient (Wildman–Crippen LogP) is 5.97. The van der Waals surface area contributed by atoms with E-state index in [1.165, 1.54) is 36.8 Å². The molecule has 0 amide bonds. The van der Waals surface area contributed by atoms with Gasteiger partial charge in [-0.3, -0.25) is 4.79 Å². The lowest BCUT2D eigenvalue weighted by Gasteiger charge is -2.54. The molecule has 6 rings (SSSR count). The van der Waals surface area contributed by atoms with Gasteiger partial charge in [0.05, 0.1) is 12.2 Å². The van der Waals surface area contributed by atoms with E-state index >= 15 is 0 Å². The Morgan fingerprint density at radius 1 is 1.21 bits per heavy atom. The molecule has 2 fully saturated rings. The van der Waals surface area contributed by atoms with Crippen LogP contribution in [0.3, 0.4) is 0 Å². The third-order valence-electron chi connectivity index (χ3n) is 8.69. The van der Waals surface area contributed by atoms with Crippen LogP contribution in [0.1, 0.15) is 63.4 Å². The van der Waals surface area contributed by atoms with Gasteiger partial charge < -0.3 is 4.74 Å². The Morgan fingerprint density at radius 3 is 2.93 bits per heavy atom. The van der Waals surface area contributed by atoms with Gasteiger partial charge in [-0.2, -0.15) is 11.3 Å². The fourth-order valence-corrected chi connectivity index (χ4v) is 8.16. The summed E-state index contributed by atoms with van der Waals surface area (Å²) in [7, 11) is 0. The van der Waals surface area contributed by atoms with Crippen molar-refractivity contribution >= 4 is 17.1 Å². The Labute approximate surface area is 171 Å². The normalized spacial score (nSPS) is 41.8. The molecule has 1 unspecified atom stereocenters. The molecule has 2 heterocycles. The molecule has 1 aliphatic heterocycles. The van der Waals surface area contributed by atoms with Crippen LogP contribution in [0.2, 0.25) is 0 Å². The topological polar surface area (TPSA) is 26.3 Å². The van der Waals surface area contributed by atoms with E-state index in [9.17, 15) is 4.79 Å². The van der Waals surface area contributed by atoms with E-state index < -0.39 is 0 Å². The van der Waals surface area contributed by atoms with E-state index in [1.54, 1.807) is 11.1 Å². The summed E-state index contributed by atoms with van der Waals surface area (Å²) < 4.78 is 6.46. The smallest absolute Gasteiger partial charge is 0.156 e. The summed E-state index contributed by atoms with van der Waals surface area (Å²) in [5.41, 5.74) is 6.24. The lowest BCUT2D eigenvalue weighted by atomic mass is 9.51. The van der Waals surface area contributed by atoms with Gasteiger partial charge in [-0.15, -0.1) is 0 Å². The second-order valence-corrected chi connectivity index (χ2v) is 10.5. The quantitative estimate of drug-likeness (QED) is 0.550. The molecule has 0 aromatic carbocycles. The van der Waals surface area contributed by atoms with Crippen LogP contribution in [0.5, 0.6) is 0 Å². The van der Waals surface area contributed by atoms with Gasteiger partial charge >= 0.3 is 0 Å². The molecule has 0 bridgehead atoms. The summed E-state index contributed by atoms with van der Waals surface area (Å²) in [6.07, 6.45) is 14.2. The third-order valence-corrected chi connectivity index (χ3v) is 9.39.